The van der Waals surface area contributed by atoms with E-state index in [1.54, 1.807) is 4.90 Å². The largest absolute Gasteiger partial charge is 0.330 e. The van der Waals surface area contributed by atoms with Crippen LogP contribution in [0.15, 0.2) is 72.1 Å². The molecule has 1 saturated heterocycles. The van der Waals surface area contributed by atoms with Gasteiger partial charge in [-0.25, -0.2) is 4.98 Å². The van der Waals surface area contributed by atoms with Crippen molar-refractivity contribution < 1.29 is 9.59 Å². The SMILES string of the molecule is Cc1ccc2c(c1)nc(SCC(=O)N1CCC[C@H]1C(=O)Nc1ccccc1-n1cccc1)n2C. The van der Waals surface area contributed by atoms with Gasteiger partial charge < -0.3 is 19.4 Å². The summed E-state index contributed by atoms with van der Waals surface area (Å²) < 4.78 is 3.97. The van der Waals surface area contributed by atoms with E-state index in [1.807, 2.05) is 78.0 Å². The maximum absolute atomic E-state index is 13.2. The van der Waals surface area contributed by atoms with Crippen molar-refractivity contribution in [2.45, 2.75) is 31.0 Å². The average Bonchev–Trinajstić information content (AvgIpc) is 3.59. The summed E-state index contributed by atoms with van der Waals surface area (Å²) in [6.45, 7) is 2.64. The topological polar surface area (TPSA) is 72.2 Å². The number of anilines is 1. The first-order valence-electron chi connectivity index (χ1n) is 11.4. The first-order valence-corrected chi connectivity index (χ1v) is 12.4. The zero-order valence-electron chi connectivity index (χ0n) is 19.3. The lowest BCUT2D eigenvalue weighted by atomic mass is 10.2. The summed E-state index contributed by atoms with van der Waals surface area (Å²) in [5, 5.41) is 3.86. The number of benzene rings is 2. The number of hydrogen-bond donors (Lipinski definition) is 1. The van der Waals surface area contributed by atoms with Crippen molar-refractivity contribution >= 4 is 40.3 Å². The molecule has 0 saturated carbocycles. The molecule has 2 aromatic carbocycles. The summed E-state index contributed by atoms with van der Waals surface area (Å²) in [4.78, 5) is 32.7. The highest BCUT2D eigenvalue weighted by Gasteiger charge is 2.34. The van der Waals surface area contributed by atoms with E-state index in [0.29, 0.717) is 13.0 Å². The molecule has 34 heavy (non-hydrogen) atoms. The third kappa shape index (κ3) is 4.33. The van der Waals surface area contributed by atoms with Gasteiger partial charge in [-0.15, -0.1) is 0 Å². The summed E-state index contributed by atoms with van der Waals surface area (Å²) >= 11 is 1.42. The van der Waals surface area contributed by atoms with Crippen LogP contribution in [0.5, 0.6) is 0 Å². The molecule has 1 fully saturated rings. The summed E-state index contributed by atoms with van der Waals surface area (Å²) in [5.74, 6) is 0.0677. The molecule has 7 nitrogen and oxygen atoms in total. The van der Waals surface area contributed by atoms with Gasteiger partial charge in [-0.3, -0.25) is 9.59 Å². The summed E-state index contributed by atoms with van der Waals surface area (Å²) in [7, 11) is 1.96. The number of thioether (sulfide) groups is 1. The molecule has 0 aliphatic carbocycles. The molecule has 5 rings (SSSR count). The smallest absolute Gasteiger partial charge is 0.247 e. The third-order valence-corrected chi connectivity index (χ3v) is 7.26. The standard InChI is InChI=1S/C26H27N5O2S/c1-18-11-12-21-20(16-18)28-26(29(21)2)34-17-24(32)31-15-7-10-23(31)25(33)27-19-8-3-4-9-22(19)30-13-5-6-14-30/h3-6,8-9,11-14,16,23H,7,10,15,17H2,1-2H3,(H,27,33)/t23-/m0/s1. The van der Waals surface area contributed by atoms with E-state index in [0.717, 1.165) is 39.5 Å². The number of amides is 2. The van der Waals surface area contributed by atoms with Gasteiger partial charge in [0.15, 0.2) is 5.16 Å². The molecular weight excluding hydrogens is 446 g/mol. The molecular formula is C26H27N5O2S. The zero-order chi connectivity index (χ0) is 23.7. The van der Waals surface area contributed by atoms with Gasteiger partial charge in [-0.05, 0) is 61.7 Å². The van der Waals surface area contributed by atoms with E-state index < -0.39 is 6.04 Å². The number of carbonyl (C=O) groups is 2. The fraction of sp³-hybridized carbons (Fsp3) is 0.269. The number of aryl methyl sites for hydroxylation is 2. The van der Waals surface area contributed by atoms with Gasteiger partial charge in [0.2, 0.25) is 11.8 Å². The lowest BCUT2D eigenvalue weighted by Gasteiger charge is -2.24. The summed E-state index contributed by atoms with van der Waals surface area (Å²) in [6.07, 6.45) is 5.37. The van der Waals surface area contributed by atoms with Crippen molar-refractivity contribution in [3.8, 4) is 5.69 Å². The Balaban J connectivity index is 1.27. The predicted molar refractivity (Wildman–Crippen MR) is 135 cm³/mol. The first kappa shape index (κ1) is 22.3. The fourth-order valence-electron chi connectivity index (χ4n) is 4.48. The van der Waals surface area contributed by atoms with Crippen LogP contribution in [0.1, 0.15) is 18.4 Å². The highest BCUT2D eigenvalue weighted by Crippen LogP contribution is 2.27. The van der Waals surface area contributed by atoms with Gasteiger partial charge in [0.05, 0.1) is 28.2 Å². The Kier molecular flexibility index (Phi) is 6.15. The van der Waals surface area contributed by atoms with E-state index in [4.69, 9.17) is 0 Å². The van der Waals surface area contributed by atoms with Crippen LogP contribution in [0.4, 0.5) is 5.69 Å². The fourth-order valence-corrected chi connectivity index (χ4v) is 5.35. The zero-order valence-corrected chi connectivity index (χ0v) is 20.1. The van der Waals surface area contributed by atoms with Crippen molar-refractivity contribution in [2.24, 2.45) is 7.05 Å². The second kappa shape index (κ2) is 9.38. The van der Waals surface area contributed by atoms with Crippen LogP contribution in [-0.2, 0) is 16.6 Å². The highest BCUT2D eigenvalue weighted by molar-refractivity contribution is 7.99. The maximum atomic E-state index is 13.2. The van der Waals surface area contributed by atoms with E-state index in [1.165, 1.54) is 11.8 Å². The Bertz CT molecular complexity index is 1340. The van der Waals surface area contributed by atoms with Crippen LogP contribution in [0.25, 0.3) is 16.7 Å². The molecule has 1 aliphatic rings. The van der Waals surface area contributed by atoms with E-state index >= 15 is 0 Å². The number of aromatic nitrogens is 3. The summed E-state index contributed by atoms with van der Waals surface area (Å²) in [5.41, 5.74) is 4.75. The van der Waals surface area contributed by atoms with E-state index in [-0.39, 0.29) is 17.6 Å². The van der Waals surface area contributed by atoms with Crippen LogP contribution in [0.3, 0.4) is 0 Å². The van der Waals surface area contributed by atoms with Crippen molar-refractivity contribution in [1.82, 2.24) is 19.0 Å². The van der Waals surface area contributed by atoms with Crippen LogP contribution in [0.2, 0.25) is 0 Å². The minimum atomic E-state index is -0.464. The van der Waals surface area contributed by atoms with E-state index in [2.05, 4.69) is 22.4 Å². The van der Waals surface area contributed by atoms with Gasteiger partial charge in [-0.2, -0.15) is 0 Å². The van der Waals surface area contributed by atoms with Crippen LogP contribution >= 0.6 is 11.8 Å². The van der Waals surface area contributed by atoms with Gasteiger partial charge in [-0.1, -0.05) is 30.0 Å². The molecule has 0 spiro atoms. The minimum Gasteiger partial charge on any atom is -0.330 e. The Morgan fingerprint density at radius 2 is 1.91 bits per heavy atom. The molecule has 0 bridgehead atoms. The number of para-hydroxylation sites is 2. The van der Waals surface area contributed by atoms with Crippen LogP contribution < -0.4 is 5.32 Å². The quantitative estimate of drug-likeness (QED) is 0.422. The monoisotopic (exact) mass is 473 g/mol. The van der Waals surface area contributed by atoms with Gasteiger partial charge in [0.1, 0.15) is 6.04 Å². The second-order valence-electron chi connectivity index (χ2n) is 8.58. The Morgan fingerprint density at radius 3 is 2.74 bits per heavy atom. The molecule has 4 aromatic rings. The number of likely N-dealkylation sites (tertiary alicyclic amines) is 1. The molecule has 2 amide bonds. The maximum Gasteiger partial charge on any atom is 0.247 e. The predicted octanol–water partition coefficient (Wildman–Crippen LogP) is 4.39. The number of imidazole rings is 1. The number of nitrogens with zero attached hydrogens (tertiary/aromatic N) is 4. The highest BCUT2D eigenvalue weighted by atomic mass is 32.2. The average molecular weight is 474 g/mol. The van der Waals surface area contributed by atoms with Crippen molar-refractivity contribution in [1.29, 1.82) is 0 Å². The first-order chi connectivity index (χ1) is 16.5. The van der Waals surface area contributed by atoms with Gasteiger partial charge >= 0.3 is 0 Å². The van der Waals surface area contributed by atoms with Crippen molar-refractivity contribution in [3.05, 3.63) is 72.6 Å². The summed E-state index contributed by atoms with van der Waals surface area (Å²) in [6, 6.07) is 17.3. The van der Waals surface area contributed by atoms with Crippen LogP contribution in [-0.4, -0.2) is 49.2 Å². The number of nitrogens with one attached hydrogen (secondary N) is 1. The number of fused-ring (bicyclic) bond motifs is 1. The number of rotatable bonds is 6. The number of hydrogen-bond acceptors (Lipinski definition) is 4. The molecule has 3 heterocycles. The van der Waals surface area contributed by atoms with Gasteiger partial charge in [0.25, 0.3) is 0 Å². The lowest BCUT2D eigenvalue weighted by Crippen LogP contribution is -2.44. The molecule has 0 radical (unpaired) electrons. The molecule has 0 unspecified atom stereocenters. The Hall–Kier alpha value is -3.52. The normalized spacial score (nSPS) is 15.7. The molecule has 1 aliphatic heterocycles. The van der Waals surface area contributed by atoms with Crippen molar-refractivity contribution in [3.63, 3.8) is 0 Å². The molecule has 8 heteroatoms. The lowest BCUT2D eigenvalue weighted by molar-refractivity contribution is -0.134. The van der Waals surface area contributed by atoms with Crippen LogP contribution in [0, 0.1) is 6.92 Å². The van der Waals surface area contributed by atoms with Crippen molar-refractivity contribution in [2.75, 3.05) is 17.6 Å². The third-order valence-electron chi connectivity index (χ3n) is 6.24. The van der Waals surface area contributed by atoms with Gasteiger partial charge in [0, 0.05) is 26.0 Å². The molecule has 174 valence electrons. The second-order valence-corrected chi connectivity index (χ2v) is 9.52. The molecule has 1 N–H and O–H groups in total. The minimum absolute atomic E-state index is 0.0374. The van der Waals surface area contributed by atoms with E-state index in [9.17, 15) is 9.59 Å². The number of carbonyl (C=O) groups excluding carboxylic acids is 2. The molecule has 2 aromatic heterocycles. The Labute approximate surface area is 202 Å². The Morgan fingerprint density at radius 1 is 1.12 bits per heavy atom. The molecule has 1 atom stereocenters.